The maximum absolute atomic E-state index is 13.4. The molecule has 0 saturated heterocycles. The molecule has 4 fully saturated rings. The molecule has 2 aromatic carbocycles. The number of fused-ring (bicyclic) bond motifs is 1. The fraction of sp³-hybridized carbons (Fsp3) is 0.500. The number of nitrogens with one attached hydrogen (secondary N) is 1. The van der Waals surface area contributed by atoms with E-state index in [1.54, 1.807) is 6.07 Å². The zero-order valence-electron chi connectivity index (χ0n) is 18.6. The predicted molar refractivity (Wildman–Crippen MR) is 128 cm³/mol. The fourth-order valence-corrected chi connectivity index (χ4v) is 8.88. The van der Waals surface area contributed by atoms with Crippen LogP contribution in [-0.4, -0.2) is 30.7 Å². The summed E-state index contributed by atoms with van der Waals surface area (Å²) in [6.07, 6.45) is 7.67. The molecule has 0 aromatic heterocycles. The normalized spacial score (nSPS) is 30.8. The highest BCUT2D eigenvalue weighted by molar-refractivity contribution is 7.89. The second-order valence-electron chi connectivity index (χ2n) is 10.7. The fourth-order valence-electron chi connectivity index (χ4n) is 7.23. The average Bonchev–Trinajstić information content (AvgIpc) is 2.77. The standard InChI is InChI=1S/C26H29ClN2O3S/c27-24-6-5-22(33(31,32)29-8-7-20-3-1-2-4-21(20)16-29)12-23(24)25(30)28-26-13-17-9-18(14-26)11-19(10-17)15-26/h1-6,12,17-19H,7-11,13-16H2,(H,28,30). The zero-order valence-corrected chi connectivity index (χ0v) is 20.2. The maximum Gasteiger partial charge on any atom is 0.253 e. The third-order valence-corrected chi connectivity index (χ3v) is 10.5. The van der Waals surface area contributed by atoms with Gasteiger partial charge in [0.2, 0.25) is 10.0 Å². The van der Waals surface area contributed by atoms with Gasteiger partial charge >= 0.3 is 0 Å². The van der Waals surface area contributed by atoms with Crippen molar-refractivity contribution >= 4 is 27.5 Å². The summed E-state index contributed by atoms with van der Waals surface area (Å²) in [7, 11) is -3.74. The van der Waals surface area contributed by atoms with Crippen molar-refractivity contribution in [2.45, 2.75) is 61.9 Å². The third kappa shape index (κ3) is 3.80. The zero-order chi connectivity index (χ0) is 22.8. The molecular weight excluding hydrogens is 456 g/mol. The van der Waals surface area contributed by atoms with E-state index >= 15 is 0 Å². The molecule has 4 aliphatic carbocycles. The van der Waals surface area contributed by atoms with Gasteiger partial charge in [0, 0.05) is 18.6 Å². The lowest BCUT2D eigenvalue weighted by Gasteiger charge is -2.56. The van der Waals surface area contributed by atoms with Gasteiger partial charge in [0.05, 0.1) is 15.5 Å². The molecule has 1 amide bonds. The van der Waals surface area contributed by atoms with E-state index in [1.807, 2.05) is 18.2 Å². The van der Waals surface area contributed by atoms with E-state index in [4.69, 9.17) is 11.6 Å². The number of rotatable bonds is 4. The average molecular weight is 485 g/mol. The number of amides is 1. The summed E-state index contributed by atoms with van der Waals surface area (Å²) in [6.45, 7) is 0.771. The second kappa shape index (κ2) is 7.82. The van der Waals surface area contributed by atoms with Crippen LogP contribution < -0.4 is 5.32 Å². The minimum atomic E-state index is -3.74. The highest BCUT2D eigenvalue weighted by Crippen LogP contribution is 2.55. The lowest BCUT2D eigenvalue weighted by atomic mass is 9.53. The van der Waals surface area contributed by atoms with Crippen molar-refractivity contribution in [1.82, 2.24) is 9.62 Å². The molecule has 0 spiro atoms. The van der Waals surface area contributed by atoms with Crippen LogP contribution in [0, 0.1) is 17.8 Å². The van der Waals surface area contributed by atoms with Crippen LogP contribution in [0.2, 0.25) is 5.02 Å². The smallest absolute Gasteiger partial charge is 0.253 e. The Hall–Kier alpha value is -1.89. The Labute approximate surface area is 200 Å². The second-order valence-corrected chi connectivity index (χ2v) is 13.0. The summed E-state index contributed by atoms with van der Waals surface area (Å²) < 4.78 is 28.4. The largest absolute Gasteiger partial charge is 0.347 e. The molecule has 0 radical (unpaired) electrons. The number of carbonyl (C=O) groups excluding carboxylic acids is 1. The highest BCUT2D eigenvalue weighted by atomic mass is 35.5. The third-order valence-electron chi connectivity index (χ3n) is 8.33. The Balaban J connectivity index is 1.25. The Morgan fingerprint density at radius 1 is 0.970 bits per heavy atom. The van der Waals surface area contributed by atoms with Crippen molar-refractivity contribution in [2.75, 3.05) is 6.54 Å². The van der Waals surface area contributed by atoms with E-state index in [0.717, 1.165) is 24.8 Å². The van der Waals surface area contributed by atoms with Crippen molar-refractivity contribution in [3.63, 3.8) is 0 Å². The topological polar surface area (TPSA) is 66.5 Å². The van der Waals surface area contributed by atoms with Crippen LogP contribution in [0.4, 0.5) is 0 Å². The van der Waals surface area contributed by atoms with E-state index in [-0.39, 0.29) is 21.9 Å². The first-order valence-electron chi connectivity index (χ1n) is 12.0. The van der Waals surface area contributed by atoms with Gasteiger partial charge < -0.3 is 5.32 Å². The summed E-state index contributed by atoms with van der Waals surface area (Å²) in [4.78, 5) is 13.5. The van der Waals surface area contributed by atoms with E-state index in [1.165, 1.54) is 41.3 Å². The number of carbonyl (C=O) groups is 1. The minimum Gasteiger partial charge on any atom is -0.347 e. The van der Waals surface area contributed by atoms with Gasteiger partial charge in [-0.2, -0.15) is 4.31 Å². The molecule has 5 aliphatic rings. The van der Waals surface area contributed by atoms with Crippen LogP contribution in [0.15, 0.2) is 47.4 Å². The number of halogens is 1. The van der Waals surface area contributed by atoms with Crippen LogP contribution in [0.25, 0.3) is 0 Å². The molecular formula is C26H29ClN2O3S. The summed E-state index contributed by atoms with van der Waals surface area (Å²) in [6, 6.07) is 12.5. The molecule has 0 atom stereocenters. The van der Waals surface area contributed by atoms with Gasteiger partial charge in [-0.15, -0.1) is 0 Å². The van der Waals surface area contributed by atoms with Crippen LogP contribution in [0.1, 0.15) is 60.0 Å². The summed E-state index contributed by atoms with van der Waals surface area (Å²) in [5.41, 5.74) is 2.32. The molecule has 7 heteroatoms. The van der Waals surface area contributed by atoms with Gasteiger partial charge in [0.15, 0.2) is 0 Å². The molecule has 33 heavy (non-hydrogen) atoms. The van der Waals surface area contributed by atoms with Crippen LogP contribution in [-0.2, 0) is 23.0 Å². The number of sulfonamides is 1. The van der Waals surface area contributed by atoms with Gasteiger partial charge in [-0.1, -0.05) is 35.9 Å². The molecule has 1 N–H and O–H groups in total. The van der Waals surface area contributed by atoms with Gasteiger partial charge in [0.1, 0.15) is 0 Å². The van der Waals surface area contributed by atoms with Gasteiger partial charge in [-0.25, -0.2) is 8.42 Å². The first-order valence-corrected chi connectivity index (χ1v) is 13.8. The van der Waals surface area contributed by atoms with E-state index in [9.17, 15) is 13.2 Å². The van der Waals surface area contributed by atoms with Crippen molar-refractivity contribution < 1.29 is 13.2 Å². The van der Waals surface area contributed by atoms with Gasteiger partial charge in [-0.05, 0) is 92.0 Å². The Morgan fingerprint density at radius 3 is 2.27 bits per heavy atom. The lowest BCUT2D eigenvalue weighted by molar-refractivity contribution is -0.0167. The SMILES string of the molecule is O=C(NC12CC3CC(CC(C3)C1)C2)c1cc(S(=O)(=O)N2CCc3ccccc3C2)ccc1Cl. The van der Waals surface area contributed by atoms with Crippen molar-refractivity contribution in [3.05, 3.63) is 64.2 Å². The van der Waals surface area contributed by atoms with Gasteiger partial charge in [-0.3, -0.25) is 4.79 Å². The molecule has 1 aliphatic heterocycles. The number of hydrogen-bond acceptors (Lipinski definition) is 3. The summed E-state index contributed by atoms with van der Waals surface area (Å²) in [5, 5.41) is 3.61. The van der Waals surface area contributed by atoms with Crippen molar-refractivity contribution in [3.8, 4) is 0 Å². The molecule has 5 nitrogen and oxygen atoms in total. The minimum absolute atomic E-state index is 0.127. The summed E-state index contributed by atoms with van der Waals surface area (Å²) >= 11 is 6.41. The Kier molecular flexibility index (Phi) is 5.13. The molecule has 0 unspecified atom stereocenters. The number of benzene rings is 2. The summed E-state index contributed by atoms with van der Waals surface area (Å²) in [5.74, 6) is 1.88. The molecule has 7 rings (SSSR count). The molecule has 2 aromatic rings. The van der Waals surface area contributed by atoms with Gasteiger partial charge in [0.25, 0.3) is 5.91 Å². The van der Waals surface area contributed by atoms with E-state index in [0.29, 0.717) is 42.3 Å². The highest BCUT2D eigenvalue weighted by Gasteiger charge is 2.51. The quantitative estimate of drug-likeness (QED) is 0.678. The molecule has 4 bridgehead atoms. The van der Waals surface area contributed by atoms with Crippen molar-refractivity contribution in [1.29, 1.82) is 0 Å². The monoisotopic (exact) mass is 484 g/mol. The Morgan fingerprint density at radius 2 is 1.61 bits per heavy atom. The lowest BCUT2D eigenvalue weighted by Crippen LogP contribution is -2.59. The van der Waals surface area contributed by atoms with Crippen LogP contribution in [0.3, 0.4) is 0 Å². The molecule has 1 heterocycles. The van der Waals surface area contributed by atoms with E-state index < -0.39 is 10.0 Å². The maximum atomic E-state index is 13.4. The predicted octanol–water partition coefficient (Wildman–Crippen LogP) is 4.79. The van der Waals surface area contributed by atoms with Crippen LogP contribution >= 0.6 is 11.6 Å². The van der Waals surface area contributed by atoms with E-state index in [2.05, 4.69) is 11.4 Å². The number of nitrogens with zero attached hydrogens (tertiary/aromatic N) is 1. The van der Waals surface area contributed by atoms with Crippen LogP contribution in [0.5, 0.6) is 0 Å². The number of hydrogen-bond donors (Lipinski definition) is 1. The first-order chi connectivity index (χ1) is 15.8. The first kappa shape index (κ1) is 21.6. The Bertz CT molecular complexity index is 1190. The molecule has 174 valence electrons. The molecule has 4 saturated carbocycles. The van der Waals surface area contributed by atoms with Crippen molar-refractivity contribution in [2.24, 2.45) is 17.8 Å².